The lowest BCUT2D eigenvalue weighted by atomic mass is 9.85. The molecule has 1 aromatic carbocycles. The van der Waals surface area contributed by atoms with Crippen LogP contribution in [0.1, 0.15) is 50.4 Å². The van der Waals surface area contributed by atoms with Crippen LogP contribution >= 0.6 is 11.6 Å². The van der Waals surface area contributed by atoms with Crippen LogP contribution in [0.25, 0.3) is 0 Å². The van der Waals surface area contributed by atoms with Gasteiger partial charge in [0.15, 0.2) is 0 Å². The van der Waals surface area contributed by atoms with E-state index in [2.05, 4.69) is 15.4 Å². The number of nitrogens with zero attached hydrogens (tertiary/aromatic N) is 1. The number of ether oxygens (including phenoxy) is 1. The standard InChI is InChI=1S/C22H29ClN4O6/c1-22(2,3)17(26-18(29)12-7-6-11(24)9-13(12)23)20(31)27-8-4-5-15(27)19(30)25-14-10-16(28)33-21(14)32/h6-7,9,14-15,17,21,32H,4-5,8,10,24H2,1-3H3,(H,25,30)(H,26,29)/t14-,15-,17+,21+/m0/s1. The molecule has 0 aliphatic carbocycles. The first-order valence-corrected chi connectivity index (χ1v) is 11.1. The van der Waals surface area contributed by atoms with Crippen molar-refractivity contribution in [1.82, 2.24) is 15.5 Å². The molecule has 10 nitrogen and oxygen atoms in total. The molecule has 0 bridgehead atoms. The van der Waals surface area contributed by atoms with E-state index in [0.717, 1.165) is 0 Å². The zero-order valence-electron chi connectivity index (χ0n) is 18.8. The molecule has 33 heavy (non-hydrogen) atoms. The minimum Gasteiger partial charge on any atom is -0.434 e. The summed E-state index contributed by atoms with van der Waals surface area (Å²) in [6.07, 6.45) is -0.542. The highest BCUT2D eigenvalue weighted by atomic mass is 35.5. The number of nitrogens with one attached hydrogen (secondary N) is 2. The first-order chi connectivity index (χ1) is 15.4. The summed E-state index contributed by atoms with van der Waals surface area (Å²) in [7, 11) is 0. The van der Waals surface area contributed by atoms with E-state index in [0.29, 0.717) is 25.1 Å². The fraction of sp³-hybridized carbons (Fsp3) is 0.545. The van der Waals surface area contributed by atoms with Crippen LogP contribution in [-0.2, 0) is 19.1 Å². The van der Waals surface area contributed by atoms with Crippen LogP contribution in [0.2, 0.25) is 5.02 Å². The highest BCUT2D eigenvalue weighted by Crippen LogP contribution is 2.27. The number of anilines is 1. The normalized spacial score (nSPS) is 23.7. The Labute approximate surface area is 196 Å². The first-order valence-electron chi connectivity index (χ1n) is 10.7. The summed E-state index contributed by atoms with van der Waals surface area (Å²) < 4.78 is 4.65. The predicted molar refractivity (Wildman–Crippen MR) is 120 cm³/mol. The molecular formula is C22H29ClN4O6. The van der Waals surface area contributed by atoms with E-state index >= 15 is 0 Å². The second-order valence-corrected chi connectivity index (χ2v) is 9.81. The van der Waals surface area contributed by atoms with Crippen LogP contribution in [0.15, 0.2) is 18.2 Å². The van der Waals surface area contributed by atoms with E-state index in [-0.39, 0.29) is 17.0 Å². The maximum Gasteiger partial charge on any atom is 0.310 e. The molecule has 2 fully saturated rings. The monoisotopic (exact) mass is 480 g/mol. The molecule has 0 radical (unpaired) electrons. The topological polar surface area (TPSA) is 151 Å². The lowest BCUT2D eigenvalue weighted by molar-refractivity contribution is -0.155. The SMILES string of the molecule is CC(C)(C)[C@H](NC(=O)c1ccc(N)cc1Cl)C(=O)N1CCC[C@H]1C(=O)N[C@H]1CC(=O)O[C@H]1O. The van der Waals surface area contributed by atoms with Crippen LogP contribution in [0.4, 0.5) is 5.69 Å². The van der Waals surface area contributed by atoms with Crippen molar-refractivity contribution in [2.75, 3.05) is 12.3 Å². The molecule has 0 unspecified atom stereocenters. The minimum absolute atomic E-state index is 0.142. The zero-order valence-corrected chi connectivity index (χ0v) is 19.5. The number of hydrogen-bond donors (Lipinski definition) is 4. The molecule has 0 spiro atoms. The molecule has 11 heteroatoms. The average molecular weight is 481 g/mol. The van der Waals surface area contributed by atoms with Gasteiger partial charge in [0.1, 0.15) is 18.1 Å². The molecule has 0 saturated carbocycles. The number of likely N-dealkylation sites (tertiary alicyclic amines) is 1. The third-order valence-corrected chi connectivity index (χ3v) is 6.09. The number of aliphatic hydroxyl groups excluding tert-OH is 1. The van der Waals surface area contributed by atoms with Crippen molar-refractivity contribution in [2.24, 2.45) is 5.41 Å². The van der Waals surface area contributed by atoms with Gasteiger partial charge in [0, 0.05) is 12.2 Å². The highest BCUT2D eigenvalue weighted by molar-refractivity contribution is 6.34. The Morgan fingerprint density at radius 1 is 1.30 bits per heavy atom. The predicted octanol–water partition coefficient (Wildman–Crippen LogP) is 0.808. The molecule has 4 atom stereocenters. The van der Waals surface area contributed by atoms with Gasteiger partial charge in [0.25, 0.3) is 5.91 Å². The fourth-order valence-electron chi connectivity index (χ4n) is 3.99. The molecule has 3 amide bonds. The van der Waals surface area contributed by atoms with E-state index in [4.69, 9.17) is 17.3 Å². The van der Waals surface area contributed by atoms with E-state index in [1.807, 2.05) is 20.8 Å². The number of esters is 1. The maximum absolute atomic E-state index is 13.5. The number of carbonyl (C=O) groups excluding carboxylic acids is 4. The largest absolute Gasteiger partial charge is 0.434 e. The summed E-state index contributed by atoms with van der Waals surface area (Å²) in [4.78, 5) is 52.1. The zero-order chi connectivity index (χ0) is 24.5. The lowest BCUT2D eigenvalue weighted by Gasteiger charge is -2.35. The molecule has 2 heterocycles. The molecule has 2 aliphatic rings. The second kappa shape index (κ2) is 9.56. The highest BCUT2D eigenvalue weighted by Gasteiger charge is 2.43. The summed E-state index contributed by atoms with van der Waals surface area (Å²) in [5, 5.41) is 15.3. The van der Waals surface area contributed by atoms with Gasteiger partial charge in [0.2, 0.25) is 18.1 Å². The smallest absolute Gasteiger partial charge is 0.310 e. The van der Waals surface area contributed by atoms with E-state index in [9.17, 15) is 24.3 Å². The summed E-state index contributed by atoms with van der Waals surface area (Å²) in [6, 6.07) is 1.89. The van der Waals surface area contributed by atoms with Crippen LogP contribution < -0.4 is 16.4 Å². The van der Waals surface area contributed by atoms with Gasteiger partial charge in [0.05, 0.1) is 17.0 Å². The van der Waals surface area contributed by atoms with Crippen molar-refractivity contribution in [1.29, 1.82) is 0 Å². The van der Waals surface area contributed by atoms with Crippen LogP contribution in [0, 0.1) is 5.41 Å². The van der Waals surface area contributed by atoms with Crippen molar-refractivity contribution >= 4 is 41.0 Å². The van der Waals surface area contributed by atoms with Crippen molar-refractivity contribution < 1.29 is 29.0 Å². The number of rotatable bonds is 5. The number of halogens is 1. The number of cyclic esters (lactones) is 1. The molecule has 2 saturated heterocycles. The Hall–Kier alpha value is -2.85. The Kier molecular flexibility index (Phi) is 7.18. The number of benzene rings is 1. The second-order valence-electron chi connectivity index (χ2n) is 9.40. The number of hydrogen-bond acceptors (Lipinski definition) is 7. The molecule has 1 aromatic rings. The van der Waals surface area contributed by atoms with Gasteiger partial charge in [-0.15, -0.1) is 0 Å². The van der Waals surface area contributed by atoms with Gasteiger partial charge in [-0.3, -0.25) is 19.2 Å². The number of nitrogen functional groups attached to an aromatic ring is 1. The summed E-state index contributed by atoms with van der Waals surface area (Å²) >= 11 is 6.15. The summed E-state index contributed by atoms with van der Waals surface area (Å²) in [6.45, 7) is 5.76. The third-order valence-electron chi connectivity index (χ3n) is 5.78. The molecule has 0 aromatic heterocycles. The quantitative estimate of drug-likeness (QED) is 0.359. The van der Waals surface area contributed by atoms with Crippen molar-refractivity contribution in [3.8, 4) is 0 Å². The van der Waals surface area contributed by atoms with Crippen molar-refractivity contribution in [3.63, 3.8) is 0 Å². The lowest BCUT2D eigenvalue weighted by Crippen LogP contribution is -2.58. The Morgan fingerprint density at radius 2 is 2.00 bits per heavy atom. The van der Waals surface area contributed by atoms with Gasteiger partial charge < -0.3 is 31.1 Å². The van der Waals surface area contributed by atoms with Gasteiger partial charge in [-0.05, 0) is 36.5 Å². The van der Waals surface area contributed by atoms with Crippen LogP contribution in [0.3, 0.4) is 0 Å². The molecule has 2 aliphatic heterocycles. The minimum atomic E-state index is -1.42. The number of amides is 3. The molecule has 180 valence electrons. The molecule has 3 rings (SSSR count). The number of nitrogens with two attached hydrogens (primary N) is 1. The van der Waals surface area contributed by atoms with Gasteiger partial charge >= 0.3 is 5.97 Å². The van der Waals surface area contributed by atoms with Gasteiger partial charge in [-0.1, -0.05) is 32.4 Å². The van der Waals surface area contributed by atoms with Crippen molar-refractivity contribution in [2.45, 2.75) is 64.4 Å². The number of aliphatic hydroxyl groups is 1. The molecule has 5 N–H and O–H groups in total. The number of carbonyl (C=O) groups is 4. The maximum atomic E-state index is 13.5. The van der Waals surface area contributed by atoms with Crippen LogP contribution in [-0.4, -0.2) is 64.7 Å². The fourth-order valence-corrected chi connectivity index (χ4v) is 4.26. The Morgan fingerprint density at radius 3 is 2.58 bits per heavy atom. The first kappa shape index (κ1) is 24.8. The van der Waals surface area contributed by atoms with Gasteiger partial charge in [-0.2, -0.15) is 0 Å². The van der Waals surface area contributed by atoms with Crippen LogP contribution in [0.5, 0.6) is 0 Å². The average Bonchev–Trinajstić information content (AvgIpc) is 3.31. The van der Waals surface area contributed by atoms with E-state index in [1.54, 1.807) is 6.07 Å². The summed E-state index contributed by atoms with van der Waals surface area (Å²) in [5.41, 5.74) is 5.61. The Bertz CT molecular complexity index is 963. The molecular weight excluding hydrogens is 452 g/mol. The van der Waals surface area contributed by atoms with E-state index < -0.39 is 53.5 Å². The van der Waals surface area contributed by atoms with Gasteiger partial charge in [-0.25, -0.2) is 0 Å². The van der Waals surface area contributed by atoms with E-state index in [1.165, 1.54) is 17.0 Å². The Balaban J connectivity index is 1.76. The third kappa shape index (κ3) is 5.56. The van der Waals surface area contributed by atoms with Crippen molar-refractivity contribution in [3.05, 3.63) is 28.8 Å². The summed E-state index contributed by atoms with van der Waals surface area (Å²) in [5.74, 6) is -2.02.